The maximum atomic E-state index is 12.5. The molecule has 2 atom stereocenters. The van der Waals surface area contributed by atoms with E-state index in [1.165, 1.54) is 6.20 Å². The van der Waals surface area contributed by atoms with Gasteiger partial charge in [0.25, 0.3) is 5.91 Å². The maximum absolute atomic E-state index is 12.5. The fourth-order valence-corrected chi connectivity index (χ4v) is 3.57. The Balaban J connectivity index is 1.45. The van der Waals surface area contributed by atoms with Gasteiger partial charge in [-0.05, 0) is 18.3 Å². The molecule has 0 unspecified atom stereocenters. The van der Waals surface area contributed by atoms with Crippen molar-refractivity contribution in [2.45, 2.75) is 6.42 Å². The third-order valence-corrected chi connectivity index (χ3v) is 4.74. The lowest BCUT2D eigenvalue weighted by Crippen LogP contribution is -2.40. The highest BCUT2D eigenvalue weighted by Gasteiger charge is 2.39. The monoisotopic (exact) mass is 310 g/mol. The van der Waals surface area contributed by atoms with Gasteiger partial charge in [-0.1, -0.05) is 0 Å². The molecule has 2 aromatic rings. The van der Waals surface area contributed by atoms with Crippen LogP contribution in [0, 0.1) is 11.8 Å². The molecule has 0 aromatic carbocycles. The number of piperidine rings is 1. The fraction of sp³-hybridized carbons (Fsp3) is 0.438. The number of amides is 1. The highest BCUT2D eigenvalue weighted by molar-refractivity contribution is 5.92. The fourth-order valence-electron chi connectivity index (χ4n) is 3.57. The Labute approximate surface area is 134 Å². The zero-order chi connectivity index (χ0) is 15.6. The van der Waals surface area contributed by atoms with Gasteiger partial charge in [0.05, 0.1) is 12.4 Å². The van der Waals surface area contributed by atoms with Crippen molar-refractivity contribution >= 4 is 11.7 Å². The van der Waals surface area contributed by atoms with Crippen molar-refractivity contribution in [1.29, 1.82) is 0 Å². The van der Waals surface area contributed by atoms with Crippen molar-refractivity contribution in [1.82, 2.24) is 24.8 Å². The second kappa shape index (κ2) is 5.91. The van der Waals surface area contributed by atoms with Crippen LogP contribution in [0.4, 0.5) is 5.82 Å². The Hall–Kier alpha value is -2.57. The second-order valence-corrected chi connectivity index (χ2v) is 6.12. The van der Waals surface area contributed by atoms with E-state index in [2.05, 4.69) is 24.8 Å². The van der Waals surface area contributed by atoms with E-state index in [9.17, 15) is 4.79 Å². The highest BCUT2D eigenvalue weighted by atomic mass is 16.2. The average Bonchev–Trinajstić information content (AvgIpc) is 3.06. The summed E-state index contributed by atoms with van der Waals surface area (Å²) in [4.78, 5) is 33.3. The van der Waals surface area contributed by atoms with Gasteiger partial charge in [-0.25, -0.2) is 9.97 Å². The van der Waals surface area contributed by atoms with Crippen LogP contribution in [0.1, 0.15) is 16.9 Å². The van der Waals surface area contributed by atoms with Gasteiger partial charge in [-0.2, -0.15) is 0 Å². The summed E-state index contributed by atoms with van der Waals surface area (Å²) in [5.74, 6) is 1.94. The second-order valence-electron chi connectivity index (χ2n) is 6.12. The van der Waals surface area contributed by atoms with Crippen molar-refractivity contribution < 1.29 is 4.79 Å². The van der Waals surface area contributed by atoms with Crippen molar-refractivity contribution in [2.24, 2.45) is 11.8 Å². The Bertz CT molecular complexity index is 679. The Morgan fingerprint density at radius 2 is 1.74 bits per heavy atom. The zero-order valence-corrected chi connectivity index (χ0v) is 12.7. The van der Waals surface area contributed by atoms with Crippen LogP contribution in [-0.2, 0) is 0 Å². The van der Waals surface area contributed by atoms with E-state index in [1.807, 2.05) is 4.90 Å². The van der Waals surface area contributed by atoms with Crippen LogP contribution in [0.2, 0.25) is 0 Å². The molecule has 0 saturated carbocycles. The van der Waals surface area contributed by atoms with Crippen LogP contribution in [0.5, 0.6) is 0 Å². The van der Waals surface area contributed by atoms with Gasteiger partial charge >= 0.3 is 0 Å². The van der Waals surface area contributed by atoms with Gasteiger partial charge in [-0.3, -0.25) is 14.8 Å². The minimum absolute atomic E-state index is 0.0152. The molecule has 118 valence electrons. The van der Waals surface area contributed by atoms with E-state index in [0.717, 1.165) is 38.4 Å². The number of rotatable bonds is 2. The van der Waals surface area contributed by atoms with Gasteiger partial charge in [0.2, 0.25) is 0 Å². The lowest BCUT2D eigenvalue weighted by atomic mass is 9.89. The standard InChI is InChI=1S/C16H18N6O/c23-16(14-7-17-2-4-19-14)22-9-12-1-6-21(10-13(12)11-22)15-8-18-3-5-20-15/h2-5,7-8,12-13H,1,6,9-11H2/t12-,13+/m0/s1. The molecular formula is C16H18N6O. The van der Waals surface area contributed by atoms with Crippen LogP contribution < -0.4 is 4.90 Å². The molecule has 0 N–H and O–H groups in total. The summed E-state index contributed by atoms with van der Waals surface area (Å²) in [6.07, 6.45) is 11.0. The van der Waals surface area contributed by atoms with Crippen molar-refractivity contribution in [3.8, 4) is 0 Å². The smallest absolute Gasteiger partial charge is 0.274 e. The summed E-state index contributed by atoms with van der Waals surface area (Å²) < 4.78 is 0. The third-order valence-electron chi connectivity index (χ3n) is 4.74. The normalized spacial score (nSPS) is 23.7. The van der Waals surface area contributed by atoms with Crippen LogP contribution in [0.15, 0.2) is 37.2 Å². The number of anilines is 1. The maximum Gasteiger partial charge on any atom is 0.274 e. The number of fused-ring (bicyclic) bond motifs is 1. The molecule has 2 saturated heterocycles. The van der Waals surface area contributed by atoms with Gasteiger partial charge in [0.1, 0.15) is 11.5 Å². The molecule has 4 rings (SSSR count). The quantitative estimate of drug-likeness (QED) is 0.819. The number of nitrogens with zero attached hydrogens (tertiary/aromatic N) is 6. The minimum atomic E-state index is -0.0152. The van der Waals surface area contributed by atoms with Crippen molar-refractivity contribution in [2.75, 3.05) is 31.1 Å². The molecule has 0 radical (unpaired) electrons. The molecular weight excluding hydrogens is 292 g/mol. The number of carbonyl (C=O) groups is 1. The molecule has 2 aliphatic heterocycles. The molecule has 2 fully saturated rings. The average molecular weight is 310 g/mol. The Kier molecular flexibility index (Phi) is 3.61. The lowest BCUT2D eigenvalue weighted by molar-refractivity contribution is 0.0778. The van der Waals surface area contributed by atoms with Gasteiger partial charge < -0.3 is 9.80 Å². The van der Waals surface area contributed by atoms with E-state index in [1.54, 1.807) is 31.0 Å². The summed E-state index contributed by atoms with van der Waals surface area (Å²) in [5, 5.41) is 0. The Morgan fingerprint density at radius 1 is 0.957 bits per heavy atom. The van der Waals surface area contributed by atoms with Gasteiger partial charge in [0, 0.05) is 51.0 Å². The molecule has 0 spiro atoms. The van der Waals surface area contributed by atoms with E-state index < -0.39 is 0 Å². The molecule has 7 nitrogen and oxygen atoms in total. The number of hydrogen-bond donors (Lipinski definition) is 0. The molecule has 1 amide bonds. The number of hydrogen-bond acceptors (Lipinski definition) is 6. The predicted octanol–water partition coefficient (Wildman–Crippen LogP) is 0.865. The summed E-state index contributed by atoms with van der Waals surface area (Å²) >= 11 is 0. The summed E-state index contributed by atoms with van der Waals surface area (Å²) in [6.45, 7) is 3.48. The first-order chi connectivity index (χ1) is 11.3. The molecule has 2 aliphatic rings. The largest absolute Gasteiger partial charge is 0.355 e. The molecule has 4 heterocycles. The Morgan fingerprint density at radius 3 is 2.48 bits per heavy atom. The molecule has 23 heavy (non-hydrogen) atoms. The van der Waals surface area contributed by atoms with E-state index in [4.69, 9.17) is 0 Å². The zero-order valence-electron chi connectivity index (χ0n) is 12.7. The predicted molar refractivity (Wildman–Crippen MR) is 83.8 cm³/mol. The number of likely N-dealkylation sites (tertiary alicyclic amines) is 1. The number of aromatic nitrogens is 4. The third kappa shape index (κ3) is 2.74. The van der Waals surface area contributed by atoms with E-state index in [-0.39, 0.29) is 5.91 Å². The van der Waals surface area contributed by atoms with Crippen molar-refractivity contribution in [3.05, 3.63) is 42.9 Å². The molecule has 0 bridgehead atoms. The minimum Gasteiger partial charge on any atom is -0.355 e. The van der Waals surface area contributed by atoms with E-state index in [0.29, 0.717) is 17.5 Å². The number of carbonyl (C=O) groups excluding carboxylic acids is 1. The van der Waals surface area contributed by atoms with E-state index >= 15 is 0 Å². The van der Waals surface area contributed by atoms with Crippen LogP contribution in [0.25, 0.3) is 0 Å². The van der Waals surface area contributed by atoms with Gasteiger partial charge in [0.15, 0.2) is 0 Å². The first-order valence-corrected chi connectivity index (χ1v) is 7.87. The van der Waals surface area contributed by atoms with Crippen LogP contribution in [0.3, 0.4) is 0 Å². The lowest BCUT2D eigenvalue weighted by Gasteiger charge is -2.34. The highest BCUT2D eigenvalue weighted by Crippen LogP contribution is 2.33. The molecule has 0 aliphatic carbocycles. The molecule has 7 heteroatoms. The summed E-state index contributed by atoms with van der Waals surface area (Å²) in [7, 11) is 0. The van der Waals surface area contributed by atoms with Crippen LogP contribution >= 0.6 is 0 Å². The topological polar surface area (TPSA) is 75.1 Å². The first kappa shape index (κ1) is 14.0. The van der Waals surface area contributed by atoms with Crippen molar-refractivity contribution in [3.63, 3.8) is 0 Å². The summed E-state index contributed by atoms with van der Waals surface area (Å²) in [6, 6.07) is 0. The SMILES string of the molecule is O=C(c1cnccn1)N1C[C@@H]2CCN(c3cnccn3)C[C@@H]2C1. The molecule has 2 aromatic heterocycles. The van der Waals surface area contributed by atoms with Gasteiger partial charge in [-0.15, -0.1) is 0 Å². The van der Waals surface area contributed by atoms with Crippen LogP contribution in [-0.4, -0.2) is 56.9 Å². The first-order valence-electron chi connectivity index (χ1n) is 7.87. The summed E-state index contributed by atoms with van der Waals surface area (Å²) in [5.41, 5.74) is 0.428.